The fourth-order valence-corrected chi connectivity index (χ4v) is 5.95. The van der Waals surface area contributed by atoms with Gasteiger partial charge in [-0.05, 0) is 50.3 Å². The van der Waals surface area contributed by atoms with Crippen molar-refractivity contribution in [3.05, 3.63) is 57.8 Å². The van der Waals surface area contributed by atoms with E-state index >= 15 is 0 Å². The second-order valence-electron chi connectivity index (χ2n) is 8.44. The molecule has 0 bridgehead atoms. The molecule has 3 heterocycles. The molecule has 28 heavy (non-hydrogen) atoms. The molecule has 4 rings (SSSR count). The lowest BCUT2D eigenvalue weighted by molar-refractivity contribution is 0.183. The number of benzene rings is 1. The molecule has 0 spiro atoms. The largest absolute Gasteiger partial charge is 0.338 e. The van der Waals surface area contributed by atoms with Crippen LogP contribution in [0.15, 0.2) is 42.5 Å². The van der Waals surface area contributed by atoms with Crippen molar-refractivity contribution in [3.8, 4) is 0 Å². The summed E-state index contributed by atoms with van der Waals surface area (Å²) >= 11 is 1.91. The Morgan fingerprint density at radius 1 is 1.18 bits per heavy atom. The summed E-state index contributed by atoms with van der Waals surface area (Å²) in [6.07, 6.45) is 2.24. The van der Waals surface area contributed by atoms with Gasteiger partial charge in [-0.15, -0.1) is 11.3 Å². The number of hydrogen-bond acceptors (Lipinski definition) is 3. The Bertz CT molecular complexity index is 805. The van der Waals surface area contributed by atoms with Gasteiger partial charge in [-0.25, -0.2) is 4.79 Å². The van der Waals surface area contributed by atoms with Crippen molar-refractivity contribution in [1.29, 1.82) is 0 Å². The molecular weight excluding hydrogens is 366 g/mol. The summed E-state index contributed by atoms with van der Waals surface area (Å²) in [5.74, 6) is 0.569. The summed E-state index contributed by atoms with van der Waals surface area (Å²) in [5.41, 5.74) is 1.62. The number of nitrogens with one attached hydrogen (secondary N) is 1. The number of thiophene rings is 1. The molecule has 2 unspecified atom stereocenters. The average Bonchev–Trinajstić information content (AvgIpc) is 3.34. The van der Waals surface area contributed by atoms with E-state index in [1.54, 1.807) is 0 Å². The van der Waals surface area contributed by atoms with Crippen LogP contribution in [0.25, 0.3) is 0 Å². The molecule has 1 aromatic heterocycles. The minimum absolute atomic E-state index is 0.108. The number of carbonyl (C=O) groups is 1. The number of rotatable bonds is 6. The highest BCUT2D eigenvalue weighted by atomic mass is 32.1. The highest BCUT2D eigenvalue weighted by Crippen LogP contribution is 2.46. The van der Waals surface area contributed by atoms with Gasteiger partial charge in [-0.3, -0.25) is 4.90 Å². The number of urea groups is 1. The normalized spacial score (nSPS) is 24.5. The first-order valence-corrected chi connectivity index (χ1v) is 11.2. The Morgan fingerprint density at radius 2 is 2.00 bits per heavy atom. The molecule has 1 N–H and O–H groups in total. The highest BCUT2D eigenvalue weighted by Gasteiger charge is 2.52. The third kappa shape index (κ3) is 4.11. The van der Waals surface area contributed by atoms with Gasteiger partial charge >= 0.3 is 6.03 Å². The van der Waals surface area contributed by atoms with Gasteiger partial charge in [0.05, 0.1) is 0 Å². The number of amides is 2. The van der Waals surface area contributed by atoms with Gasteiger partial charge in [0, 0.05) is 54.4 Å². The lowest BCUT2D eigenvalue weighted by Gasteiger charge is -2.29. The molecule has 2 aliphatic heterocycles. The van der Waals surface area contributed by atoms with Gasteiger partial charge in [-0.1, -0.05) is 30.3 Å². The van der Waals surface area contributed by atoms with Gasteiger partial charge in [0.2, 0.25) is 0 Å². The maximum atomic E-state index is 12.5. The maximum absolute atomic E-state index is 12.5. The molecule has 1 aromatic carbocycles. The fraction of sp³-hybridized carbons (Fsp3) is 0.522. The highest BCUT2D eigenvalue weighted by molar-refractivity contribution is 7.11. The summed E-state index contributed by atoms with van der Waals surface area (Å²) in [4.78, 5) is 20.0. The van der Waals surface area contributed by atoms with Crippen molar-refractivity contribution in [2.45, 2.75) is 33.2 Å². The zero-order chi connectivity index (χ0) is 19.6. The Hall–Kier alpha value is -1.85. The summed E-state index contributed by atoms with van der Waals surface area (Å²) < 4.78 is 0. The molecule has 5 heteroatoms. The van der Waals surface area contributed by atoms with E-state index in [9.17, 15) is 4.79 Å². The lowest BCUT2D eigenvalue weighted by atomic mass is 9.76. The van der Waals surface area contributed by atoms with Crippen molar-refractivity contribution < 1.29 is 4.79 Å². The van der Waals surface area contributed by atoms with Crippen LogP contribution in [0.2, 0.25) is 0 Å². The quantitative estimate of drug-likeness (QED) is 0.795. The monoisotopic (exact) mass is 397 g/mol. The van der Waals surface area contributed by atoms with E-state index in [0.29, 0.717) is 12.5 Å². The summed E-state index contributed by atoms with van der Waals surface area (Å²) in [6.45, 7) is 9.88. The Labute approximate surface area is 172 Å². The lowest BCUT2D eigenvalue weighted by Crippen LogP contribution is -2.42. The smallest absolute Gasteiger partial charge is 0.317 e. The minimum atomic E-state index is 0.108. The summed E-state index contributed by atoms with van der Waals surface area (Å²) in [6, 6.07) is 15.4. The van der Waals surface area contributed by atoms with Crippen molar-refractivity contribution >= 4 is 17.4 Å². The molecule has 0 radical (unpaired) electrons. The van der Waals surface area contributed by atoms with Crippen LogP contribution in [0, 0.1) is 18.3 Å². The third-order valence-corrected chi connectivity index (χ3v) is 7.36. The predicted molar refractivity (Wildman–Crippen MR) is 116 cm³/mol. The van der Waals surface area contributed by atoms with E-state index in [-0.39, 0.29) is 11.4 Å². The molecule has 2 saturated heterocycles. The van der Waals surface area contributed by atoms with Crippen LogP contribution in [0.5, 0.6) is 0 Å². The van der Waals surface area contributed by atoms with Crippen molar-refractivity contribution in [2.75, 3.05) is 32.7 Å². The predicted octanol–water partition coefficient (Wildman–Crippen LogP) is 4.15. The second-order valence-corrected chi connectivity index (χ2v) is 9.82. The molecule has 2 fully saturated rings. The molecule has 4 nitrogen and oxygen atoms in total. The Kier molecular flexibility index (Phi) is 5.74. The van der Waals surface area contributed by atoms with Crippen LogP contribution in [0.4, 0.5) is 4.79 Å². The van der Waals surface area contributed by atoms with Gasteiger partial charge in [0.25, 0.3) is 0 Å². The number of hydrogen-bond donors (Lipinski definition) is 1. The molecule has 2 aliphatic rings. The fourth-order valence-electron chi connectivity index (χ4n) is 5.01. The average molecular weight is 398 g/mol. The van der Waals surface area contributed by atoms with E-state index in [0.717, 1.165) is 45.6 Å². The molecule has 0 saturated carbocycles. The van der Waals surface area contributed by atoms with Gasteiger partial charge in [0.15, 0.2) is 0 Å². The first-order chi connectivity index (χ1) is 13.6. The minimum Gasteiger partial charge on any atom is -0.338 e. The Morgan fingerprint density at radius 3 is 2.71 bits per heavy atom. The van der Waals surface area contributed by atoms with E-state index in [2.05, 4.69) is 64.5 Å². The van der Waals surface area contributed by atoms with Gasteiger partial charge in [-0.2, -0.15) is 0 Å². The number of carbonyl (C=O) groups excluding carboxylic acids is 1. The Balaban J connectivity index is 1.47. The van der Waals surface area contributed by atoms with E-state index in [4.69, 9.17) is 0 Å². The van der Waals surface area contributed by atoms with Crippen LogP contribution >= 0.6 is 11.3 Å². The zero-order valence-corrected chi connectivity index (χ0v) is 17.8. The molecule has 0 aliphatic carbocycles. The van der Waals surface area contributed by atoms with Gasteiger partial charge < -0.3 is 10.2 Å². The second kappa shape index (κ2) is 8.26. The van der Waals surface area contributed by atoms with Gasteiger partial charge in [0.1, 0.15) is 0 Å². The van der Waals surface area contributed by atoms with Crippen LogP contribution in [-0.4, -0.2) is 48.6 Å². The molecule has 2 atom stereocenters. The van der Waals surface area contributed by atoms with Crippen LogP contribution in [-0.2, 0) is 13.0 Å². The SMILES string of the molecule is CCNC(=O)N1CC2CN(Cc3ccc(C)s3)CC2(CCc2ccccc2)C1. The zero-order valence-electron chi connectivity index (χ0n) is 17.0. The van der Waals surface area contributed by atoms with Crippen molar-refractivity contribution in [2.24, 2.45) is 11.3 Å². The standard InChI is InChI=1S/C23H31N3OS/c1-3-24-22(27)26-14-20-13-25(15-21-10-9-18(2)28-21)16-23(20,17-26)12-11-19-7-5-4-6-8-19/h4-10,20H,3,11-17H2,1-2H3,(H,24,27). The van der Waals surface area contributed by atoms with E-state index in [1.807, 2.05) is 18.3 Å². The number of fused-ring (bicyclic) bond motifs is 1. The summed E-state index contributed by atoms with van der Waals surface area (Å²) in [5, 5.41) is 3.00. The van der Waals surface area contributed by atoms with Crippen LogP contribution in [0.3, 0.4) is 0 Å². The molecule has 2 aromatic rings. The van der Waals surface area contributed by atoms with Crippen LogP contribution < -0.4 is 5.32 Å². The molecule has 150 valence electrons. The van der Waals surface area contributed by atoms with E-state index < -0.39 is 0 Å². The number of nitrogens with zero attached hydrogens (tertiary/aromatic N) is 2. The molecular formula is C23H31N3OS. The van der Waals surface area contributed by atoms with Crippen LogP contribution in [0.1, 0.15) is 28.7 Å². The summed E-state index contributed by atoms with van der Waals surface area (Å²) in [7, 11) is 0. The van der Waals surface area contributed by atoms with Crippen molar-refractivity contribution in [3.63, 3.8) is 0 Å². The third-order valence-electron chi connectivity index (χ3n) is 6.37. The maximum Gasteiger partial charge on any atom is 0.317 e. The number of likely N-dealkylation sites (tertiary alicyclic amines) is 2. The van der Waals surface area contributed by atoms with E-state index in [1.165, 1.54) is 15.3 Å². The van der Waals surface area contributed by atoms with Crippen molar-refractivity contribution in [1.82, 2.24) is 15.1 Å². The first kappa shape index (κ1) is 19.5. The first-order valence-electron chi connectivity index (χ1n) is 10.4. The topological polar surface area (TPSA) is 35.6 Å². The number of aryl methyl sites for hydroxylation is 2. The molecule has 2 amide bonds.